The van der Waals surface area contributed by atoms with E-state index in [2.05, 4.69) is 5.10 Å². The molecule has 2 nitrogen and oxygen atoms in total. The topological polar surface area (TPSA) is 24.4 Å². The predicted molar refractivity (Wildman–Crippen MR) is 30.6 cm³/mol. The third-order valence-corrected chi connectivity index (χ3v) is 1.03. The quantitative estimate of drug-likeness (QED) is 0.548. The lowest BCUT2D eigenvalue weighted by atomic mass is 10.2. The molecule has 56 valence electrons. The largest absolute Gasteiger partial charge is 0.413 e. The highest BCUT2D eigenvalue weighted by atomic mass is 19.4. The van der Waals surface area contributed by atoms with Crippen LogP contribution in [0.1, 0.15) is 0 Å². The summed E-state index contributed by atoms with van der Waals surface area (Å²) in [4.78, 5) is 0. The highest BCUT2D eigenvalue weighted by molar-refractivity contribution is 5.71. The number of nitrogens with one attached hydrogen (secondary N) is 1. The molecule has 1 aliphatic rings. The van der Waals surface area contributed by atoms with Crippen LogP contribution >= 0.6 is 0 Å². The van der Waals surface area contributed by atoms with Gasteiger partial charge in [-0.25, -0.2) is 0 Å². The van der Waals surface area contributed by atoms with Crippen molar-refractivity contribution in [3.05, 3.63) is 12.2 Å². The van der Waals surface area contributed by atoms with Gasteiger partial charge in [0, 0.05) is 6.21 Å². The highest BCUT2D eigenvalue weighted by Gasteiger charge is 2.38. The lowest BCUT2D eigenvalue weighted by Gasteiger charge is -2.17. The van der Waals surface area contributed by atoms with Crippen LogP contribution in [-0.2, 0) is 0 Å². The molecule has 0 fully saturated rings. The van der Waals surface area contributed by atoms with Gasteiger partial charge in [0.1, 0.15) is 0 Å². The molecule has 1 unspecified atom stereocenters. The Hall–Kier alpha value is -1.00. The number of nitrogens with zero attached hydrogens (tertiary/aromatic N) is 1. The molecular weight excluding hydrogens is 145 g/mol. The molecule has 0 aromatic heterocycles. The van der Waals surface area contributed by atoms with Crippen molar-refractivity contribution in [2.75, 3.05) is 0 Å². The average molecular weight is 150 g/mol. The zero-order valence-corrected chi connectivity index (χ0v) is 4.89. The normalized spacial score (nSPS) is 24.5. The molecule has 0 spiro atoms. The molecule has 5 heteroatoms. The Morgan fingerprint density at radius 1 is 1.40 bits per heavy atom. The fourth-order valence-electron chi connectivity index (χ4n) is 0.553. The maximum atomic E-state index is 11.8. The molecule has 10 heavy (non-hydrogen) atoms. The van der Waals surface area contributed by atoms with Gasteiger partial charge in [0.2, 0.25) is 0 Å². The molecule has 0 aromatic carbocycles. The van der Waals surface area contributed by atoms with E-state index in [1.807, 2.05) is 5.43 Å². The van der Waals surface area contributed by atoms with Crippen molar-refractivity contribution in [3.63, 3.8) is 0 Å². The van der Waals surface area contributed by atoms with Gasteiger partial charge in [-0.15, -0.1) is 0 Å². The number of hydrazone groups is 1. The number of allylic oxidation sites excluding steroid dienone is 1. The summed E-state index contributed by atoms with van der Waals surface area (Å²) in [6.45, 7) is 0. The van der Waals surface area contributed by atoms with Crippen LogP contribution in [0.2, 0.25) is 0 Å². The summed E-state index contributed by atoms with van der Waals surface area (Å²) in [5.74, 6) is 0. The van der Waals surface area contributed by atoms with Crippen molar-refractivity contribution in [2.45, 2.75) is 12.2 Å². The van der Waals surface area contributed by atoms with Crippen molar-refractivity contribution in [2.24, 2.45) is 5.10 Å². The summed E-state index contributed by atoms with van der Waals surface area (Å²) in [6, 6.07) is -1.63. The van der Waals surface area contributed by atoms with Crippen molar-refractivity contribution >= 4 is 6.21 Å². The summed E-state index contributed by atoms with van der Waals surface area (Å²) < 4.78 is 35.3. The lowest BCUT2D eigenvalue weighted by molar-refractivity contribution is -0.144. The van der Waals surface area contributed by atoms with Gasteiger partial charge in [0.15, 0.2) is 6.04 Å². The van der Waals surface area contributed by atoms with Gasteiger partial charge >= 0.3 is 6.18 Å². The Morgan fingerprint density at radius 2 is 2.10 bits per heavy atom. The maximum absolute atomic E-state index is 11.8. The molecule has 0 bridgehead atoms. The molecule has 0 saturated carbocycles. The molecule has 1 atom stereocenters. The molecule has 1 heterocycles. The molecule has 0 saturated heterocycles. The highest BCUT2D eigenvalue weighted by Crippen LogP contribution is 2.21. The van der Waals surface area contributed by atoms with Gasteiger partial charge in [-0.1, -0.05) is 6.08 Å². The zero-order chi connectivity index (χ0) is 7.61. The molecular formula is C5H5F3N2. The Morgan fingerprint density at radius 3 is 2.40 bits per heavy atom. The number of rotatable bonds is 0. The first-order chi connectivity index (χ1) is 4.61. The lowest BCUT2D eigenvalue weighted by Crippen LogP contribution is -2.38. The fourth-order valence-corrected chi connectivity index (χ4v) is 0.553. The minimum atomic E-state index is -4.24. The van der Waals surface area contributed by atoms with Crippen molar-refractivity contribution < 1.29 is 13.2 Å². The second-order valence-corrected chi connectivity index (χ2v) is 1.81. The summed E-state index contributed by atoms with van der Waals surface area (Å²) in [6.07, 6.45) is -0.710. The van der Waals surface area contributed by atoms with Gasteiger partial charge in [-0.2, -0.15) is 18.3 Å². The van der Waals surface area contributed by atoms with E-state index in [1.165, 1.54) is 12.3 Å². The zero-order valence-electron chi connectivity index (χ0n) is 4.89. The first kappa shape index (κ1) is 7.11. The van der Waals surface area contributed by atoms with Gasteiger partial charge in [0.05, 0.1) is 0 Å². The van der Waals surface area contributed by atoms with E-state index in [0.717, 1.165) is 6.08 Å². The molecule has 1 aliphatic heterocycles. The molecule has 0 radical (unpaired) electrons. The second kappa shape index (κ2) is 2.32. The smallest absolute Gasteiger partial charge is 0.294 e. The van der Waals surface area contributed by atoms with E-state index in [4.69, 9.17) is 0 Å². The summed E-state index contributed by atoms with van der Waals surface area (Å²) >= 11 is 0. The summed E-state index contributed by atoms with van der Waals surface area (Å²) in [5.41, 5.74) is 1.92. The molecule has 0 aliphatic carbocycles. The van der Waals surface area contributed by atoms with E-state index in [-0.39, 0.29) is 0 Å². The summed E-state index contributed by atoms with van der Waals surface area (Å²) in [5, 5.41) is 3.24. The van der Waals surface area contributed by atoms with E-state index in [9.17, 15) is 13.2 Å². The standard InChI is InChI=1S/C5H5F3N2/c6-5(7,8)4-2-1-3-9-10-4/h1-4,10H. The number of hydrogen-bond donors (Lipinski definition) is 1. The van der Waals surface area contributed by atoms with Crippen LogP contribution in [0.4, 0.5) is 13.2 Å². The molecule has 1 rings (SSSR count). The van der Waals surface area contributed by atoms with Crippen LogP contribution in [0.3, 0.4) is 0 Å². The number of hydrogen-bond acceptors (Lipinski definition) is 2. The minimum absolute atomic E-state index is 1.01. The SMILES string of the molecule is FC(F)(F)C1C=CC=NN1. The van der Waals surface area contributed by atoms with Crippen LogP contribution in [0, 0.1) is 0 Å². The van der Waals surface area contributed by atoms with Crippen LogP contribution in [0.5, 0.6) is 0 Å². The first-order valence-electron chi connectivity index (χ1n) is 2.63. The Labute approximate surface area is 55.4 Å². The maximum Gasteiger partial charge on any atom is 0.413 e. The Kier molecular flexibility index (Phi) is 1.65. The van der Waals surface area contributed by atoms with Crippen molar-refractivity contribution in [3.8, 4) is 0 Å². The van der Waals surface area contributed by atoms with E-state index in [1.54, 1.807) is 0 Å². The molecule has 1 N–H and O–H groups in total. The van der Waals surface area contributed by atoms with Crippen LogP contribution in [-0.4, -0.2) is 18.4 Å². The van der Waals surface area contributed by atoms with E-state index < -0.39 is 12.2 Å². The Bertz CT molecular complexity index is 170. The van der Waals surface area contributed by atoms with Crippen molar-refractivity contribution in [1.29, 1.82) is 0 Å². The number of alkyl halides is 3. The third kappa shape index (κ3) is 1.49. The van der Waals surface area contributed by atoms with Gasteiger partial charge in [-0.3, -0.25) is 5.43 Å². The van der Waals surface area contributed by atoms with E-state index in [0.29, 0.717) is 0 Å². The third-order valence-electron chi connectivity index (χ3n) is 1.03. The van der Waals surface area contributed by atoms with Crippen molar-refractivity contribution in [1.82, 2.24) is 5.43 Å². The van der Waals surface area contributed by atoms with Gasteiger partial charge in [0.25, 0.3) is 0 Å². The van der Waals surface area contributed by atoms with Crippen LogP contribution in [0.25, 0.3) is 0 Å². The average Bonchev–Trinajstić information content (AvgIpc) is 1.88. The van der Waals surface area contributed by atoms with Crippen LogP contribution < -0.4 is 5.43 Å². The van der Waals surface area contributed by atoms with Crippen LogP contribution in [0.15, 0.2) is 17.3 Å². The fraction of sp³-hybridized carbons (Fsp3) is 0.400. The minimum Gasteiger partial charge on any atom is -0.294 e. The first-order valence-corrected chi connectivity index (χ1v) is 2.63. The van der Waals surface area contributed by atoms with Gasteiger partial charge in [-0.05, 0) is 6.08 Å². The molecule has 0 amide bonds. The predicted octanol–water partition coefficient (Wildman–Crippen LogP) is 1.06. The summed E-state index contributed by atoms with van der Waals surface area (Å²) in [7, 11) is 0. The van der Waals surface area contributed by atoms with Gasteiger partial charge < -0.3 is 0 Å². The number of halogens is 3. The van der Waals surface area contributed by atoms with E-state index >= 15 is 0 Å². The Balaban J connectivity index is 2.60. The second-order valence-electron chi connectivity index (χ2n) is 1.81. The monoisotopic (exact) mass is 150 g/mol. The molecule has 0 aromatic rings.